The van der Waals surface area contributed by atoms with Crippen molar-refractivity contribution in [1.29, 1.82) is 0 Å². The molecule has 0 aliphatic carbocycles. The number of aromatic nitrogens is 1. The molecule has 0 aliphatic rings. The van der Waals surface area contributed by atoms with Gasteiger partial charge in [-0.25, -0.2) is 0 Å². The summed E-state index contributed by atoms with van der Waals surface area (Å²) >= 11 is 0. The lowest BCUT2D eigenvalue weighted by molar-refractivity contribution is 1.01. The van der Waals surface area contributed by atoms with Gasteiger partial charge in [0.1, 0.15) is 0 Å². The largest absolute Gasteiger partial charge is 0.313 e. The molecule has 0 fully saturated rings. The molecule has 0 saturated heterocycles. The summed E-state index contributed by atoms with van der Waals surface area (Å²) in [5, 5.41) is 0. The molecule has 1 aromatic heterocycles. The highest BCUT2D eigenvalue weighted by Crippen LogP contribution is 2.35. The number of allylic oxidation sites excluding steroid dienone is 3. The predicted molar refractivity (Wildman–Crippen MR) is 114 cm³/mol. The highest BCUT2D eigenvalue weighted by atomic mass is 15.0. The Balaban J connectivity index is 2.30. The summed E-state index contributed by atoms with van der Waals surface area (Å²) in [6, 6.07) is 23.8. The van der Waals surface area contributed by atoms with Crippen molar-refractivity contribution in [2.75, 3.05) is 0 Å². The molecular weight excluding hydrogens is 314 g/mol. The summed E-state index contributed by atoms with van der Waals surface area (Å²) < 4.78 is 2.41. The van der Waals surface area contributed by atoms with E-state index in [0.717, 1.165) is 12.0 Å². The third-order valence-corrected chi connectivity index (χ3v) is 4.98. The number of hydrogen-bond acceptors (Lipinski definition) is 0. The predicted octanol–water partition coefficient (Wildman–Crippen LogP) is 7.35. The van der Waals surface area contributed by atoms with Gasteiger partial charge in [0.05, 0.1) is 11.4 Å². The molecule has 0 atom stereocenters. The van der Waals surface area contributed by atoms with Crippen LogP contribution in [0.25, 0.3) is 28.2 Å². The van der Waals surface area contributed by atoms with Crippen molar-refractivity contribution in [3.63, 3.8) is 0 Å². The van der Waals surface area contributed by atoms with Crippen LogP contribution in [0, 0.1) is 6.92 Å². The smallest absolute Gasteiger partial charge is 0.0531 e. The van der Waals surface area contributed by atoms with Gasteiger partial charge in [0, 0.05) is 5.70 Å². The first kappa shape index (κ1) is 18.0. The zero-order chi connectivity index (χ0) is 18.7. The molecular formula is C25H27N. The molecule has 3 aromatic rings. The van der Waals surface area contributed by atoms with E-state index in [1.807, 2.05) is 0 Å². The summed E-state index contributed by atoms with van der Waals surface area (Å²) in [4.78, 5) is 0. The van der Waals surface area contributed by atoms with Crippen LogP contribution in [0.2, 0.25) is 0 Å². The van der Waals surface area contributed by atoms with E-state index < -0.39 is 0 Å². The zero-order valence-electron chi connectivity index (χ0n) is 16.2. The number of rotatable bonds is 5. The third-order valence-electron chi connectivity index (χ3n) is 4.98. The minimum atomic E-state index is 0.950. The Morgan fingerprint density at radius 2 is 1.35 bits per heavy atom. The van der Waals surface area contributed by atoms with Crippen molar-refractivity contribution in [1.82, 2.24) is 4.57 Å². The third kappa shape index (κ3) is 3.43. The standard InChI is InChI=1S/C25H27N/c1-6-23(20(5)18(2)3)26-24(21-10-8-7-9-11-21)16-17-25(26)22-14-12-19(4)13-15-22/h7-17H,2,6H2,1,3-5H3/b23-20+. The number of benzene rings is 2. The van der Waals surface area contributed by atoms with E-state index in [2.05, 4.69) is 106 Å². The second-order valence-electron chi connectivity index (χ2n) is 6.88. The molecule has 0 spiro atoms. The fourth-order valence-electron chi connectivity index (χ4n) is 3.35. The first-order valence-electron chi connectivity index (χ1n) is 9.23. The van der Waals surface area contributed by atoms with Gasteiger partial charge in [0.2, 0.25) is 0 Å². The van der Waals surface area contributed by atoms with Crippen LogP contribution in [0.5, 0.6) is 0 Å². The monoisotopic (exact) mass is 341 g/mol. The molecule has 0 unspecified atom stereocenters. The zero-order valence-corrected chi connectivity index (χ0v) is 16.2. The van der Waals surface area contributed by atoms with Crippen molar-refractivity contribution in [3.05, 3.63) is 90.0 Å². The quantitative estimate of drug-likeness (QED) is 0.428. The van der Waals surface area contributed by atoms with Crippen LogP contribution in [0.15, 0.2) is 84.5 Å². The van der Waals surface area contributed by atoms with Gasteiger partial charge in [-0.05, 0) is 56.0 Å². The second kappa shape index (κ2) is 7.61. The van der Waals surface area contributed by atoms with Gasteiger partial charge in [0.15, 0.2) is 0 Å². The highest BCUT2D eigenvalue weighted by Gasteiger charge is 2.16. The summed E-state index contributed by atoms with van der Waals surface area (Å²) in [5.74, 6) is 0. The van der Waals surface area contributed by atoms with Crippen LogP contribution < -0.4 is 0 Å². The minimum Gasteiger partial charge on any atom is -0.313 e. The van der Waals surface area contributed by atoms with E-state index in [1.165, 1.54) is 39.3 Å². The molecule has 0 aliphatic heterocycles. The summed E-state index contributed by atoms with van der Waals surface area (Å²) in [7, 11) is 0. The van der Waals surface area contributed by atoms with Gasteiger partial charge in [0.25, 0.3) is 0 Å². The maximum Gasteiger partial charge on any atom is 0.0531 e. The molecule has 2 aromatic carbocycles. The molecule has 0 bridgehead atoms. The lowest BCUT2D eigenvalue weighted by Gasteiger charge is -2.20. The highest BCUT2D eigenvalue weighted by molar-refractivity contribution is 5.77. The number of nitrogens with zero attached hydrogens (tertiary/aromatic N) is 1. The molecule has 0 amide bonds. The van der Waals surface area contributed by atoms with E-state index in [4.69, 9.17) is 0 Å². The first-order valence-corrected chi connectivity index (χ1v) is 9.23. The Bertz CT molecular complexity index is 938. The molecule has 1 heteroatoms. The van der Waals surface area contributed by atoms with E-state index in [9.17, 15) is 0 Å². The van der Waals surface area contributed by atoms with Gasteiger partial charge in [-0.3, -0.25) is 0 Å². The lowest BCUT2D eigenvalue weighted by atomic mass is 10.0. The fourth-order valence-corrected chi connectivity index (χ4v) is 3.35. The van der Waals surface area contributed by atoms with Crippen molar-refractivity contribution >= 4 is 5.70 Å². The van der Waals surface area contributed by atoms with Crippen LogP contribution in [0.4, 0.5) is 0 Å². The van der Waals surface area contributed by atoms with Gasteiger partial charge >= 0.3 is 0 Å². The molecule has 0 saturated carbocycles. The van der Waals surface area contributed by atoms with Crippen LogP contribution in [-0.4, -0.2) is 4.57 Å². The molecule has 26 heavy (non-hydrogen) atoms. The molecule has 1 heterocycles. The lowest BCUT2D eigenvalue weighted by Crippen LogP contribution is -2.04. The number of hydrogen-bond donors (Lipinski definition) is 0. The topological polar surface area (TPSA) is 4.93 Å². The average molecular weight is 341 g/mol. The first-order chi connectivity index (χ1) is 12.5. The minimum absolute atomic E-state index is 0.950. The van der Waals surface area contributed by atoms with Crippen LogP contribution in [0.1, 0.15) is 32.8 Å². The van der Waals surface area contributed by atoms with Crippen molar-refractivity contribution in [2.24, 2.45) is 0 Å². The molecule has 0 radical (unpaired) electrons. The van der Waals surface area contributed by atoms with E-state index in [0.29, 0.717) is 0 Å². The SMILES string of the molecule is C=C(C)/C(C)=C(\CC)n1c(-c2ccccc2)ccc1-c1ccc(C)cc1. The Morgan fingerprint density at radius 1 is 0.808 bits per heavy atom. The normalized spacial score (nSPS) is 12.0. The molecule has 0 N–H and O–H groups in total. The Hall–Kier alpha value is -2.80. The van der Waals surface area contributed by atoms with Crippen molar-refractivity contribution in [2.45, 2.75) is 34.1 Å². The summed E-state index contributed by atoms with van der Waals surface area (Å²) in [6.45, 7) is 12.8. The maximum absolute atomic E-state index is 4.18. The average Bonchev–Trinajstić information content (AvgIpc) is 3.08. The Labute approximate surface area is 157 Å². The maximum atomic E-state index is 4.18. The van der Waals surface area contributed by atoms with Gasteiger partial charge in [-0.15, -0.1) is 0 Å². The molecule has 1 nitrogen and oxygen atoms in total. The van der Waals surface area contributed by atoms with E-state index >= 15 is 0 Å². The van der Waals surface area contributed by atoms with Gasteiger partial charge in [-0.1, -0.05) is 79.2 Å². The second-order valence-corrected chi connectivity index (χ2v) is 6.88. The summed E-state index contributed by atoms with van der Waals surface area (Å²) in [6.07, 6.45) is 0.950. The van der Waals surface area contributed by atoms with Gasteiger partial charge < -0.3 is 4.57 Å². The summed E-state index contributed by atoms with van der Waals surface area (Å²) in [5.41, 5.74) is 9.86. The number of aryl methyl sites for hydroxylation is 1. The van der Waals surface area contributed by atoms with Gasteiger partial charge in [-0.2, -0.15) is 0 Å². The molecule has 132 valence electrons. The van der Waals surface area contributed by atoms with Crippen molar-refractivity contribution in [3.8, 4) is 22.5 Å². The van der Waals surface area contributed by atoms with Crippen LogP contribution in [-0.2, 0) is 0 Å². The van der Waals surface area contributed by atoms with E-state index in [1.54, 1.807) is 0 Å². The van der Waals surface area contributed by atoms with Crippen LogP contribution in [0.3, 0.4) is 0 Å². The van der Waals surface area contributed by atoms with E-state index in [-0.39, 0.29) is 0 Å². The fraction of sp³-hybridized carbons (Fsp3) is 0.200. The Morgan fingerprint density at radius 3 is 1.85 bits per heavy atom. The molecule has 3 rings (SSSR count). The Kier molecular flexibility index (Phi) is 5.27. The van der Waals surface area contributed by atoms with Crippen LogP contribution >= 0.6 is 0 Å². The van der Waals surface area contributed by atoms with Crippen molar-refractivity contribution < 1.29 is 0 Å².